The molecule has 0 fully saturated rings. The Bertz CT molecular complexity index is 411. The molecule has 1 heteroatoms. The van der Waals surface area contributed by atoms with Crippen molar-refractivity contribution in [2.75, 3.05) is 0 Å². The minimum absolute atomic E-state index is 0. The van der Waals surface area contributed by atoms with Crippen molar-refractivity contribution < 1.29 is 2.74 Å². The molecule has 1 radical (unpaired) electrons. The van der Waals surface area contributed by atoms with Gasteiger partial charge in [-0.15, -0.1) is 0 Å². The van der Waals surface area contributed by atoms with Gasteiger partial charge in [-0.3, -0.25) is 0 Å². The van der Waals surface area contributed by atoms with Crippen molar-refractivity contribution in [2.45, 2.75) is 0 Å². The molecule has 0 heterocycles. The summed E-state index contributed by atoms with van der Waals surface area (Å²) in [5.41, 5.74) is 1.64. The summed E-state index contributed by atoms with van der Waals surface area (Å²) >= 11 is 0. The van der Waals surface area contributed by atoms with Crippen LogP contribution in [0.25, 0.3) is 11.1 Å². The molecule has 0 aliphatic rings. The summed E-state index contributed by atoms with van der Waals surface area (Å²) in [4.78, 5) is 0. The minimum Gasteiger partial charge on any atom is -0.0622 e. The summed E-state index contributed by atoms with van der Waals surface area (Å²) < 4.78 is 15.4. The van der Waals surface area contributed by atoms with Crippen molar-refractivity contribution in [3.05, 3.63) is 60.6 Å². The van der Waals surface area contributed by atoms with Crippen LogP contribution in [-0.4, -0.2) is 18.9 Å². The van der Waals surface area contributed by atoms with Crippen LogP contribution in [0.3, 0.4) is 0 Å². The smallest absolute Gasteiger partial charge is 0.0622 e. The van der Waals surface area contributed by atoms with E-state index in [1.54, 1.807) is 12.1 Å². The van der Waals surface area contributed by atoms with E-state index in [-0.39, 0.29) is 18.9 Å². The van der Waals surface area contributed by atoms with Crippen molar-refractivity contribution in [3.8, 4) is 11.1 Å². The predicted octanol–water partition coefficient (Wildman–Crippen LogP) is 2.97. The fraction of sp³-hybridized carbons (Fsp3) is 0. The van der Waals surface area contributed by atoms with E-state index in [2.05, 4.69) is 0 Å². The number of rotatable bonds is 1. The molecule has 2 aromatic rings. The summed E-state index contributed by atoms with van der Waals surface area (Å²) in [6.07, 6.45) is 0. The molecule has 0 unspecified atom stereocenters. The van der Waals surface area contributed by atoms with Crippen LogP contribution in [0.4, 0.5) is 0 Å². The van der Waals surface area contributed by atoms with E-state index >= 15 is 0 Å². The molecule has 2 aromatic carbocycles. The van der Waals surface area contributed by atoms with Crippen LogP contribution < -0.4 is 0 Å². The van der Waals surface area contributed by atoms with E-state index in [9.17, 15) is 0 Å². The molecular weight excluding hydrogens is 151 g/mol. The molecule has 0 amide bonds. The average Bonchev–Trinajstić information content (AvgIpc) is 2.20. The van der Waals surface area contributed by atoms with Gasteiger partial charge in [0.15, 0.2) is 0 Å². The van der Waals surface area contributed by atoms with E-state index in [0.717, 1.165) is 11.1 Å². The van der Waals surface area contributed by atoms with Crippen LogP contribution >= 0.6 is 0 Å². The van der Waals surface area contributed by atoms with Gasteiger partial charge in [0, 0.05) is 18.9 Å². The zero-order valence-electron chi connectivity index (χ0n) is 9.62. The first-order valence-corrected chi connectivity index (χ1v) is 3.90. The standard InChI is InChI=1S/C12H10.Li/c1-3-7-11(8-4-1)12-9-5-2-6-10-12;/h1-10H;/i7D,9D;. The van der Waals surface area contributed by atoms with E-state index in [0.29, 0.717) is 12.1 Å². The molecule has 0 atom stereocenters. The molecule has 0 bridgehead atoms. The third kappa shape index (κ3) is 2.49. The second-order valence-corrected chi connectivity index (χ2v) is 2.55. The van der Waals surface area contributed by atoms with Gasteiger partial charge < -0.3 is 0 Å². The maximum Gasteiger partial charge on any atom is 0.0629 e. The molecule has 0 nitrogen and oxygen atoms in total. The summed E-state index contributed by atoms with van der Waals surface area (Å²) in [7, 11) is 0. The molecule has 59 valence electrons. The zero-order chi connectivity index (χ0) is 9.97. The topological polar surface area (TPSA) is 0 Å². The van der Waals surface area contributed by atoms with Gasteiger partial charge in [-0.1, -0.05) is 60.6 Å². The van der Waals surface area contributed by atoms with Crippen LogP contribution in [0.2, 0.25) is 0 Å². The second-order valence-electron chi connectivity index (χ2n) is 2.55. The van der Waals surface area contributed by atoms with Gasteiger partial charge in [-0.25, -0.2) is 0 Å². The summed E-state index contributed by atoms with van der Waals surface area (Å²) in [6, 6.07) is 15.6. The molecule has 0 aliphatic heterocycles. The van der Waals surface area contributed by atoms with Gasteiger partial charge in [0.25, 0.3) is 0 Å². The Kier molecular flexibility index (Phi) is 2.82. The number of benzene rings is 2. The Hall–Kier alpha value is -0.963. The molecule has 0 saturated heterocycles. The van der Waals surface area contributed by atoms with E-state index < -0.39 is 0 Å². The Morgan fingerprint density at radius 1 is 0.692 bits per heavy atom. The van der Waals surface area contributed by atoms with Gasteiger partial charge >= 0.3 is 0 Å². The van der Waals surface area contributed by atoms with Gasteiger partial charge in [0.1, 0.15) is 0 Å². The Morgan fingerprint density at radius 3 is 1.54 bits per heavy atom. The van der Waals surface area contributed by atoms with Crippen molar-refractivity contribution >= 4 is 18.9 Å². The van der Waals surface area contributed by atoms with Gasteiger partial charge in [-0.05, 0) is 11.1 Å². The summed E-state index contributed by atoms with van der Waals surface area (Å²) in [5, 5.41) is 0. The third-order valence-electron chi connectivity index (χ3n) is 1.71. The van der Waals surface area contributed by atoms with Crippen molar-refractivity contribution in [1.82, 2.24) is 0 Å². The fourth-order valence-electron chi connectivity index (χ4n) is 1.12. The van der Waals surface area contributed by atoms with Gasteiger partial charge in [0.2, 0.25) is 0 Å². The SMILES string of the molecule is [2H]c1ccccc1-c1ccccc1[2H].[Li]. The van der Waals surface area contributed by atoms with Crippen molar-refractivity contribution in [3.63, 3.8) is 0 Å². The average molecular weight is 163 g/mol. The first-order valence-electron chi connectivity index (χ1n) is 4.90. The molecule has 0 aliphatic carbocycles. The van der Waals surface area contributed by atoms with Crippen LogP contribution in [0.1, 0.15) is 2.74 Å². The second kappa shape index (κ2) is 4.92. The zero-order valence-corrected chi connectivity index (χ0v) is 7.62. The quantitative estimate of drug-likeness (QED) is 0.567. The molecule has 2 rings (SSSR count). The first-order chi connectivity index (χ1) is 6.79. The molecular formula is C12H10Li. The minimum atomic E-state index is 0. The van der Waals surface area contributed by atoms with Gasteiger partial charge in [0.05, 0.1) is 2.74 Å². The third-order valence-corrected chi connectivity index (χ3v) is 1.71. The Morgan fingerprint density at radius 2 is 1.15 bits per heavy atom. The molecule has 0 saturated carbocycles. The van der Waals surface area contributed by atoms with E-state index in [1.807, 2.05) is 36.4 Å². The van der Waals surface area contributed by atoms with Crippen LogP contribution in [0, 0.1) is 0 Å². The van der Waals surface area contributed by atoms with E-state index in [4.69, 9.17) is 2.74 Å². The maximum absolute atomic E-state index is 7.72. The van der Waals surface area contributed by atoms with Crippen LogP contribution in [-0.2, 0) is 0 Å². The first kappa shape index (κ1) is 7.44. The van der Waals surface area contributed by atoms with Crippen LogP contribution in [0.15, 0.2) is 60.6 Å². The molecule has 0 spiro atoms. The van der Waals surface area contributed by atoms with Crippen LogP contribution in [0.5, 0.6) is 0 Å². The maximum atomic E-state index is 7.72. The Balaban J connectivity index is 0.00000112. The molecule has 0 N–H and O–H groups in total. The van der Waals surface area contributed by atoms with E-state index in [1.165, 1.54) is 0 Å². The van der Waals surface area contributed by atoms with Crippen molar-refractivity contribution in [1.29, 1.82) is 0 Å². The Labute approximate surface area is 93.6 Å². The predicted molar refractivity (Wildman–Crippen MR) is 57.6 cm³/mol. The monoisotopic (exact) mass is 163 g/mol. The number of hydrogen-bond acceptors (Lipinski definition) is 0. The summed E-state index contributed by atoms with van der Waals surface area (Å²) in [6.45, 7) is 0. The normalized spacial score (nSPS) is 11.1. The molecule has 13 heavy (non-hydrogen) atoms. The van der Waals surface area contributed by atoms with Crippen molar-refractivity contribution in [2.24, 2.45) is 0 Å². The fourth-order valence-corrected chi connectivity index (χ4v) is 1.12. The van der Waals surface area contributed by atoms with Gasteiger partial charge in [-0.2, -0.15) is 0 Å². The summed E-state index contributed by atoms with van der Waals surface area (Å²) in [5.74, 6) is 0. The largest absolute Gasteiger partial charge is 0.0629 e. The molecule has 0 aromatic heterocycles. The number of hydrogen-bond donors (Lipinski definition) is 0.